The van der Waals surface area contributed by atoms with Gasteiger partial charge >= 0.3 is 0 Å². The summed E-state index contributed by atoms with van der Waals surface area (Å²) in [6.45, 7) is 0. The highest BCUT2D eigenvalue weighted by Gasteiger charge is 2.03. The number of anilines is 2. The van der Waals surface area contributed by atoms with E-state index in [0.717, 1.165) is 5.56 Å². The maximum Gasteiger partial charge on any atom is 0.197 e. The maximum absolute atomic E-state index is 12.8. The fourth-order valence-electron chi connectivity index (χ4n) is 1.19. The molecule has 0 spiro atoms. The van der Waals surface area contributed by atoms with Crippen LogP contribution in [0.25, 0.3) is 11.3 Å². The molecule has 4 nitrogen and oxygen atoms in total. The third-order valence-electron chi connectivity index (χ3n) is 1.90. The average molecular weight is 192 g/mol. The van der Waals surface area contributed by atoms with Gasteiger partial charge in [-0.3, -0.25) is 0 Å². The van der Waals surface area contributed by atoms with Crippen LogP contribution in [0.5, 0.6) is 0 Å². The minimum atomic E-state index is -0.429. The van der Waals surface area contributed by atoms with Crippen LogP contribution < -0.4 is 11.5 Å². The van der Waals surface area contributed by atoms with Gasteiger partial charge in [-0.05, 0) is 18.2 Å². The Kier molecular flexibility index (Phi) is 1.85. The quantitative estimate of drug-likeness (QED) is 0.597. The van der Waals surface area contributed by atoms with Crippen LogP contribution in [0.15, 0.2) is 24.4 Å². The van der Waals surface area contributed by atoms with Gasteiger partial charge in [0.2, 0.25) is 0 Å². The van der Waals surface area contributed by atoms with Crippen molar-refractivity contribution in [1.82, 2.24) is 9.97 Å². The zero-order valence-corrected chi connectivity index (χ0v) is 7.29. The van der Waals surface area contributed by atoms with Gasteiger partial charge < -0.3 is 16.5 Å². The van der Waals surface area contributed by atoms with Gasteiger partial charge in [0.25, 0.3) is 0 Å². The number of nitrogens with zero attached hydrogens (tertiary/aromatic N) is 1. The van der Waals surface area contributed by atoms with Gasteiger partial charge in [0.05, 0.1) is 17.6 Å². The largest absolute Gasteiger partial charge is 0.396 e. The highest BCUT2D eigenvalue weighted by atomic mass is 19.1. The molecule has 0 aliphatic heterocycles. The van der Waals surface area contributed by atoms with Crippen LogP contribution >= 0.6 is 0 Å². The molecule has 0 aliphatic rings. The Labute approximate surface area is 79.8 Å². The lowest BCUT2D eigenvalue weighted by Crippen LogP contribution is -1.91. The number of halogens is 1. The summed E-state index contributed by atoms with van der Waals surface area (Å²) in [5, 5.41) is 0. The zero-order valence-electron chi connectivity index (χ0n) is 7.29. The first kappa shape index (κ1) is 8.55. The molecule has 0 bridgehead atoms. The molecule has 5 heteroatoms. The number of aromatic nitrogens is 2. The molecule has 0 atom stereocenters. The zero-order chi connectivity index (χ0) is 10.1. The third-order valence-corrected chi connectivity index (χ3v) is 1.90. The first-order valence-corrected chi connectivity index (χ1v) is 4.02. The molecule has 72 valence electrons. The van der Waals surface area contributed by atoms with Crippen molar-refractivity contribution in [3.05, 3.63) is 30.2 Å². The fourth-order valence-corrected chi connectivity index (χ4v) is 1.19. The maximum atomic E-state index is 12.8. The monoisotopic (exact) mass is 192 g/mol. The van der Waals surface area contributed by atoms with E-state index < -0.39 is 5.82 Å². The van der Waals surface area contributed by atoms with Crippen molar-refractivity contribution < 1.29 is 4.39 Å². The van der Waals surface area contributed by atoms with Crippen LogP contribution in [-0.4, -0.2) is 9.97 Å². The molecule has 2 aromatic rings. The molecule has 5 N–H and O–H groups in total. The van der Waals surface area contributed by atoms with E-state index in [1.54, 1.807) is 12.3 Å². The Morgan fingerprint density at radius 3 is 2.64 bits per heavy atom. The Morgan fingerprint density at radius 2 is 2.07 bits per heavy atom. The lowest BCUT2D eigenvalue weighted by molar-refractivity contribution is 0.632. The normalized spacial score (nSPS) is 10.4. The second-order valence-corrected chi connectivity index (χ2v) is 2.92. The molecule has 14 heavy (non-hydrogen) atoms. The summed E-state index contributed by atoms with van der Waals surface area (Å²) in [6, 6.07) is 4.45. The van der Waals surface area contributed by atoms with E-state index in [1.807, 2.05) is 0 Å². The van der Waals surface area contributed by atoms with Gasteiger partial charge in [0.1, 0.15) is 5.82 Å². The second kappa shape index (κ2) is 3.02. The SMILES string of the molecule is Nc1ncc(-c2ccc(F)c(N)c2)[nH]1. The van der Waals surface area contributed by atoms with Crippen molar-refractivity contribution in [3.8, 4) is 11.3 Å². The lowest BCUT2D eigenvalue weighted by Gasteiger charge is -2.00. The minimum absolute atomic E-state index is 0.107. The van der Waals surface area contributed by atoms with E-state index >= 15 is 0 Å². The summed E-state index contributed by atoms with van der Waals surface area (Å²) < 4.78 is 12.8. The number of H-pyrrole nitrogens is 1. The van der Waals surface area contributed by atoms with Crippen molar-refractivity contribution in [2.24, 2.45) is 0 Å². The fraction of sp³-hybridized carbons (Fsp3) is 0. The van der Waals surface area contributed by atoms with Crippen LogP contribution in [-0.2, 0) is 0 Å². The van der Waals surface area contributed by atoms with Gasteiger partial charge in [-0.2, -0.15) is 0 Å². The van der Waals surface area contributed by atoms with Crippen LogP contribution in [0, 0.1) is 5.82 Å². The third kappa shape index (κ3) is 1.39. The van der Waals surface area contributed by atoms with Crippen LogP contribution in [0.3, 0.4) is 0 Å². The molecule has 0 aliphatic carbocycles. The summed E-state index contributed by atoms with van der Waals surface area (Å²) in [5.74, 6) is -0.107. The molecule has 0 fully saturated rings. The molecular weight excluding hydrogens is 183 g/mol. The van der Waals surface area contributed by atoms with Gasteiger partial charge in [-0.1, -0.05) is 0 Å². The van der Waals surface area contributed by atoms with E-state index in [4.69, 9.17) is 11.5 Å². The molecule has 2 rings (SSSR count). The Balaban J connectivity index is 2.47. The van der Waals surface area contributed by atoms with Gasteiger partial charge in [-0.25, -0.2) is 9.37 Å². The number of nitrogens with one attached hydrogen (secondary N) is 1. The molecule has 0 amide bonds. The van der Waals surface area contributed by atoms with Gasteiger partial charge in [0, 0.05) is 5.56 Å². The topological polar surface area (TPSA) is 80.7 Å². The van der Waals surface area contributed by atoms with Crippen molar-refractivity contribution in [2.45, 2.75) is 0 Å². The van der Waals surface area contributed by atoms with Crippen LogP contribution in [0.2, 0.25) is 0 Å². The van der Waals surface area contributed by atoms with E-state index in [0.29, 0.717) is 11.6 Å². The summed E-state index contributed by atoms with van der Waals surface area (Å²) in [6.07, 6.45) is 1.57. The van der Waals surface area contributed by atoms with E-state index in [9.17, 15) is 4.39 Å². The van der Waals surface area contributed by atoms with E-state index in [-0.39, 0.29) is 5.69 Å². The van der Waals surface area contributed by atoms with Crippen molar-refractivity contribution >= 4 is 11.6 Å². The van der Waals surface area contributed by atoms with Crippen molar-refractivity contribution in [2.75, 3.05) is 11.5 Å². The molecule has 1 aromatic carbocycles. The van der Waals surface area contributed by atoms with E-state index in [1.165, 1.54) is 12.1 Å². The summed E-state index contributed by atoms with van der Waals surface area (Å²) in [4.78, 5) is 6.66. The summed E-state index contributed by atoms with van der Waals surface area (Å²) in [7, 11) is 0. The van der Waals surface area contributed by atoms with Gasteiger partial charge in [0.15, 0.2) is 5.95 Å². The number of rotatable bonds is 1. The van der Waals surface area contributed by atoms with Crippen LogP contribution in [0.1, 0.15) is 0 Å². The van der Waals surface area contributed by atoms with E-state index in [2.05, 4.69) is 9.97 Å². The van der Waals surface area contributed by atoms with Crippen molar-refractivity contribution in [3.63, 3.8) is 0 Å². The second-order valence-electron chi connectivity index (χ2n) is 2.92. The Morgan fingerprint density at radius 1 is 1.29 bits per heavy atom. The smallest absolute Gasteiger partial charge is 0.197 e. The molecule has 1 aromatic heterocycles. The average Bonchev–Trinajstić information content (AvgIpc) is 2.57. The number of imidazole rings is 1. The number of benzene rings is 1. The Bertz CT molecular complexity index is 464. The molecular formula is C9H9FN4. The number of hydrogen-bond acceptors (Lipinski definition) is 3. The molecule has 0 radical (unpaired) electrons. The Hall–Kier alpha value is -2.04. The molecule has 0 saturated carbocycles. The minimum Gasteiger partial charge on any atom is -0.396 e. The highest BCUT2D eigenvalue weighted by molar-refractivity contribution is 5.64. The van der Waals surface area contributed by atoms with Crippen molar-refractivity contribution in [1.29, 1.82) is 0 Å². The molecule has 0 saturated heterocycles. The first-order valence-electron chi connectivity index (χ1n) is 4.02. The number of aromatic amines is 1. The number of nitrogens with two attached hydrogens (primary N) is 2. The number of hydrogen-bond donors (Lipinski definition) is 3. The molecule has 0 unspecified atom stereocenters. The predicted molar refractivity (Wildman–Crippen MR) is 52.8 cm³/mol. The summed E-state index contributed by atoms with van der Waals surface area (Å²) >= 11 is 0. The summed E-state index contributed by atoms with van der Waals surface area (Å²) in [5.41, 5.74) is 12.4. The first-order chi connectivity index (χ1) is 6.66. The number of nitrogen functional groups attached to an aromatic ring is 2. The molecule has 1 heterocycles. The standard InChI is InChI=1S/C9H9FN4/c10-6-2-1-5(3-7(6)11)8-4-13-9(12)14-8/h1-4H,11H2,(H3,12,13,14). The van der Waals surface area contributed by atoms with Gasteiger partial charge in [-0.15, -0.1) is 0 Å². The van der Waals surface area contributed by atoms with Crippen LogP contribution in [0.4, 0.5) is 16.0 Å². The highest BCUT2D eigenvalue weighted by Crippen LogP contribution is 2.21. The lowest BCUT2D eigenvalue weighted by atomic mass is 10.1. The predicted octanol–water partition coefficient (Wildman–Crippen LogP) is 1.38.